The Kier molecular flexibility index (Phi) is 2.92. The molecule has 2 aromatic rings. The topological polar surface area (TPSA) is 33.6 Å². The van der Waals surface area contributed by atoms with Crippen LogP contribution in [0.25, 0.3) is 5.69 Å². The molecule has 0 atom stereocenters. The van der Waals surface area contributed by atoms with Gasteiger partial charge in [0.15, 0.2) is 4.77 Å². The molecule has 0 saturated carbocycles. The fourth-order valence-electron chi connectivity index (χ4n) is 1.67. The van der Waals surface area contributed by atoms with Gasteiger partial charge in [-0.3, -0.25) is 9.55 Å². The molecule has 0 bridgehead atoms. The van der Waals surface area contributed by atoms with Gasteiger partial charge in [0, 0.05) is 17.6 Å². The van der Waals surface area contributed by atoms with Crippen LogP contribution in [0.5, 0.6) is 0 Å². The van der Waals surface area contributed by atoms with E-state index in [1.807, 2.05) is 36.0 Å². The highest BCUT2D eigenvalue weighted by molar-refractivity contribution is 7.71. The molecule has 4 heteroatoms. The number of nitrogens with zero attached hydrogens (tertiary/aromatic N) is 2. The molecule has 0 radical (unpaired) electrons. The van der Waals surface area contributed by atoms with Crippen molar-refractivity contribution in [2.45, 2.75) is 26.7 Å². The molecule has 0 aliphatic carbocycles. The lowest BCUT2D eigenvalue weighted by molar-refractivity contribution is 0.781. The molecule has 0 spiro atoms. The lowest BCUT2D eigenvalue weighted by Crippen LogP contribution is -2.02. The Balaban J connectivity index is 2.59. The molecule has 84 valence electrons. The van der Waals surface area contributed by atoms with Crippen molar-refractivity contribution in [3.05, 3.63) is 40.7 Å². The number of aryl methyl sites for hydroxylation is 1. The van der Waals surface area contributed by atoms with Crippen molar-refractivity contribution in [3.8, 4) is 5.69 Å². The molecule has 0 saturated heterocycles. The van der Waals surface area contributed by atoms with E-state index >= 15 is 0 Å². The zero-order valence-electron chi connectivity index (χ0n) is 9.69. The van der Waals surface area contributed by atoms with Crippen LogP contribution in [0.4, 0.5) is 0 Å². The van der Waals surface area contributed by atoms with E-state index in [1.54, 1.807) is 0 Å². The third-order valence-corrected chi connectivity index (χ3v) is 2.85. The van der Waals surface area contributed by atoms with E-state index in [2.05, 4.69) is 23.8 Å². The zero-order chi connectivity index (χ0) is 11.7. The van der Waals surface area contributed by atoms with Crippen LogP contribution in [0.15, 0.2) is 24.5 Å². The fourth-order valence-corrected chi connectivity index (χ4v) is 1.94. The maximum absolute atomic E-state index is 5.29. The third kappa shape index (κ3) is 1.93. The van der Waals surface area contributed by atoms with Crippen LogP contribution >= 0.6 is 12.2 Å². The Hall–Kier alpha value is -1.42. The highest BCUT2D eigenvalue weighted by Crippen LogP contribution is 2.19. The summed E-state index contributed by atoms with van der Waals surface area (Å²) in [7, 11) is 0. The maximum atomic E-state index is 5.29. The molecule has 0 fully saturated rings. The second kappa shape index (κ2) is 4.22. The summed E-state index contributed by atoms with van der Waals surface area (Å²) < 4.78 is 2.75. The summed E-state index contributed by atoms with van der Waals surface area (Å²) in [6.45, 7) is 6.27. The van der Waals surface area contributed by atoms with Crippen molar-refractivity contribution in [2.75, 3.05) is 0 Å². The third-order valence-electron chi connectivity index (χ3n) is 2.55. The summed E-state index contributed by atoms with van der Waals surface area (Å²) >= 11 is 5.29. The molecule has 0 amide bonds. The summed E-state index contributed by atoms with van der Waals surface area (Å²) in [5.74, 6) is 0.425. The van der Waals surface area contributed by atoms with Crippen molar-refractivity contribution in [3.63, 3.8) is 0 Å². The van der Waals surface area contributed by atoms with Gasteiger partial charge in [0.2, 0.25) is 0 Å². The molecular formula is C12H15N3S. The number of imidazole rings is 1. The summed E-state index contributed by atoms with van der Waals surface area (Å²) in [6.07, 6.45) is 3.82. The number of rotatable bonds is 2. The van der Waals surface area contributed by atoms with E-state index < -0.39 is 0 Å². The number of hydrogen-bond donors (Lipinski definition) is 1. The highest BCUT2D eigenvalue weighted by atomic mass is 32.1. The van der Waals surface area contributed by atoms with Gasteiger partial charge >= 0.3 is 0 Å². The maximum Gasteiger partial charge on any atom is 0.182 e. The number of H-pyrrole nitrogens is 1. The second-order valence-corrected chi connectivity index (χ2v) is 4.55. The average Bonchev–Trinajstić information content (AvgIpc) is 2.62. The van der Waals surface area contributed by atoms with E-state index in [9.17, 15) is 0 Å². The highest BCUT2D eigenvalue weighted by Gasteiger charge is 2.09. The van der Waals surface area contributed by atoms with Crippen LogP contribution in [-0.2, 0) is 0 Å². The van der Waals surface area contributed by atoms with E-state index in [1.165, 1.54) is 5.69 Å². The zero-order valence-corrected chi connectivity index (χ0v) is 10.5. The lowest BCUT2D eigenvalue weighted by atomic mass is 10.1. The predicted molar refractivity (Wildman–Crippen MR) is 67.6 cm³/mol. The van der Waals surface area contributed by atoms with Gasteiger partial charge in [0.1, 0.15) is 0 Å². The molecule has 2 aromatic heterocycles. The second-order valence-electron chi connectivity index (χ2n) is 4.17. The van der Waals surface area contributed by atoms with Crippen LogP contribution < -0.4 is 0 Å². The molecular weight excluding hydrogens is 218 g/mol. The Morgan fingerprint density at radius 2 is 2.12 bits per heavy atom. The smallest absolute Gasteiger partial charge is 0.182 e. The molecule has 0 unspecified atom stereocenters. The predicted octanol–water partition coefficient (Wildman–Crippen LogP) is 3.36. The molecule has 2 rings (SSSR count). The van der Waals surface area contributed by atoms with Crippen molar-refractivity contribution in [1.82, 2.24) is 14.5 Å². The minimum absolute atomic E-state index is 0.425. The van der Waals surface area contributed by atoms with Gasteiger partial charge in [-0.15, -0.1) is 0 Å². The van der Waals surface area contributed by atoms with Gasteiger partial charge in [0.05, 0.1) is 11.9 Å². The Morgan fingerprint density at radius 1 is 1.38 bits per heavy atom. The molecule has 1 N–H and O–H groups in total. The molecule has 0 aliphatic rings. The number of pyridine rings is 1. The summed E-state index contributed by atoms with van der Waals surface area (Å²) in [4.78, 5) is 7.38. The minimum atomic E-state index is 0.425. The van der Waals surface area contributed by atoms with E-state index in [-0.39, 0.29) is 0 Å². The average molecular weight is 233 g/mol. The number of aromatic nitrogens is 3. The normalized spacial score (nSPS) is 11.0. The van der Waals surface area contributed by atoms with Gasteiger partial charge in [-0.2, -0.15) is 0 Å². The quantitative estimate of drug-likeness (QED) is 0.807. The van der Waals surface area contributed by atoms with Gasteiger partial charge in [-0.25, -0.2) is 0 Å². The Bertz CT molecular complexity index is 534. The first-order chi connectivity index (χ1) is 7.59. The summed E-state index contributed by atoms with van der Waals surface area (Å²) in [6, 6.07) is 4.03. The Labute approximate surface area is 100 Å². The van der Waals surface area contributed by atoms with E-state index in [0.29, 0.717) is 10.7 Å². The van der Waals surface area contributed by atoms with Crippen molar-refractivity contribution in [2.24, 2.45) is 0 Å². The van der Waals surface area contributed by atoms with Crippen LogP contribution in [0, 0.1) is 11.7 Å². The van der Waals surface area contributed by atoms with Gasteiger partial charge < -0.3 is 4.98 Å². The van der Waals surface area contributed by atoms with Crippen molar-refractivity contribution >= 4 is 12.2 Å². The first-order valence-electron chi connectivity index (χ1n) is 5.33. The van der Waals surface area contributed by atoms with Gasteiger partial charge in [0.25, 0.3) is 0 Å². The van der Waals surface area contributed by atoms with Gasteiger partial charge in [-0.1, -0.05) is 13.8 Å². The fraction of sp³-hybridized carbons (Fsp3) is 0.333. The molecule has 2 heterocycles. The molecule has 3 nitrogen and oxygen atoms in total. The molecule has 0 aromatic carbocycles. The van der Waals surface area contributed by atoms with Crippen molar-refractivity contribution in [1.29, 1.82) is 0 Å². The van der Waals surface area contributed by atoms with E-state index in [0.717, 1.165) is 11.4 Å². The molecule has 0 aliphatic heterocycles. The molecule has 16 heavy (non-hydrogen) atoms. The van der Waals surface area contributed by atoms with Crippen LogP contribution in [0.3, 0.4) is 0 Å². The Morgan fingerprint density at radius 3 is 2.69 bits per heavy atom. The van der Waals surface area contributed by atoms with Crippen LogP contribution in [0.2, 0.25) is 0 Å². The van der Waals surface area contributed by atoms with Crippen LogP contribution in [0.1, 0.15) is 31.2 Å². The van der Waals surface area contributed by atoms with Crippen LogP contribution in [-0.4, -0.2) is 14.5 Å². The number of nitrogens with one attached hydrogen (secondary N) is 1. The summed E-state index contributed by atoms with van der Waals surface area (Å²) in [5.41, 5.74) is 3.20. The van der Waals surface area contributed by atoms with Gasteiger partial charge in [-0.05, 0) is 37.2 Å². The van der Waals surface area contributed by atoms with E-state index in [4.69, 9.17) is 12.2 Å². The monoisotopic (exact) mass is 233 g/mol. The first kappa shape index (κ1) is 11.1. The largest absolute Gasteiger partial charge is 0.337 e. The minimum Gasteiger partial charge on any atom is -0.337 e. The lowest BCUT2D eigenvalue weighted by Gasteiger charge is -2.10. The SMILES string of the molecule is Cc1ccc(-n2c(C(C)C)c[nH]c2=S)cn1. The first-order valence-corrected chi connectivity index (χ1v) is 5.74. The standard InChI is InChI=1S/C12H15N3S/c1-8(2)11-7-14-12(16)15(11)10-5-4-9(3)13-6-10/h4-8H,1-3H3,(H,14,16). The number of hydrogen-bond acceptors (Lipinski definition) is 2. The van der Waals surface area contributed by atoms with Crippen molar-refractivity contribution < 1.29 is 0 Å². The number of aromatic amines is 1. The summed E-state index contributed by atoms with van der Waals surface area (Å²) in [5, 5.41) is 0.